The fraction of sp³-hybridized carbons (Fsp3) is 0.333. The van der Waals surface area contributed by atoms with Crippen LogP contribution in [-0.2, 0) is 19.4 Å². The van der Waals surface area contributed by atoms with Crippen molar-refractivity contribution < 1.29 is 4.79 Å². The number of nitrogens with zero attached hydrogens (tertiary/aromatic N) is 2. The monoisotopic (exact) mass is 371 g/mol. The Morgan fingerprint density at radius 3 is 2.86 bits per heavy atom. The molecule has 4 nitrogen and oxygen atoms in total. The van der Waals surface area contributed by atoms with Crippen LogP contribution >= 0.6 is 0 Å². The lowest BCUT2D eigenvalue weighted by Gasteiger charge is -2.29. The number of carbonyl (C=O) groups is 1. The van der Waals surface area contributed by atoms with Gasteiger partial charge < -0.3 is 5.32 Å². The molecule has 5 rings (SSSR count). The molecule has 1 atom stereocenters. The Morgan fingerprint density at radius 1 is 1.14 bits per heavy atom. The second-order valence-electron chi connectivity index (χ2n) is 7.81. The van der Waals surface area contributed by atoms with Gasteiger partial charge in [-0.25, -0.2) is 0 Å². The van der Waals surface area contributed by atoms with E-state index in [9.17, 15) is 4.79 Å². The number of amides is 1. The number of pyridine rings is 1. The minimum Gasteiger partial charge on any atom is -0.345 e. The summed E-state index contributed by atoms with van der Waals surface area (Å²) in [5, 5.41) is 4.30. The minimum absolute atomic E-state index is 0.0366. The molecule has 2 aromatic carbocycles. The Bertz CT molecular complexity index is 1060. The average molecular weight is 371 g/mol. The maximum Gasteiger partial charge on any atom is 0.252 e. The highest BCUT2D eigenvalue weighted by molar-refractivity contribution is 6.08. The van der Waals surface area contributed by atoms with Crippen molar-refractivity contribution >= 4 is 16.8 Å². The molecule has 1 unspecified atom stereocenters. The molecule has 1 N–H and O–H groups in total. The fourth-order valence-corrected chi connectivity index (χ4v) is 4.71. The van der Waals surface area contributed by atoms with Crippen molar-refractivity contribution in [2.45, 2.75) is 38.8 Å². The number of benzene rings is 2. The summed E-state index contributed by atoms with van der Waals surface area (Å²) in [7, 11) is 0. The van der Waals surface area contributed by atoms with Crippen molar-refractivity contribution in [2.24, 2.45) is 0 Å². The third-order valence-corrected chi connectivity index (χ3v) is 6.24. The van der Waals surface area contributed by atoms with Gasteiger partial charge in [0.05, 0.1) is 17.1 Å². The Labute approximate surface area is 165 Å². The van der Waals surface area contributed by atoms with Crippen molar-refractivity contribution in [2.75, 3.05) is 13.1 Å². The Balaban J connectivity index is 1.57. The molecule has 0 spiro atoms. The van der Waals surface area contributed by atoms with Crippen LogP contribution in [0.3, 0.4) is 0 Å². The minimum atomic E-state index is 0.0366. The summed E-state index contributed by atoms with van der Waals surface area (Å²) < 4.78 is 0. The van der Waals surface area contributed by atoms with E-state index < -0.39 is 0 Å². The summed E-state index contributed by atoms with van der Waals surface area (Å²) in [4.78, 5) is 20.8. The summed E-state index contributed by atoms with van der Waals surface area (Å²) >= 11 is 0. The number of rotatable bonds is 3. The zero-order valence-electron chi connectivity index (χ0n) is 16.2. The number of hydrogen-bond acceptors (Lipinski definition) is 3. The zero-order valence-corrected chi connectivity index (χ0v) is 16.2. The maximum absolute atomic E-state index is 13.5. The lowest BCUT2D eigenvalue weighted by atomic mass is 9.94. The van der Waals surface area contributed by atoms with Crippen LogP contribution in [0.5, 0.6) is 0 Å². The second-order valence-corrected chi connectivity index (χ2v) is 7.81. The van der Waals surface area contributed by atoms with Crippen LogP contribution in [-0.4, -0.2) is 28.9 Å². The predicted molar refractivity (Wildman–Crippen MR) is 111 cm³/mol. The number of para-hydroxylation sites is 1. The molecule has 0 saturated heterocycles. The molecule has 1 aliphatic heterocycles. The van der Waals surface area contributed by atoms with Crippen LogP contribution < -0.4 is 5.32 Å². The molecule has 1 amide bonds. The van der Waals surface area contributed by atoms with E-state index in [1.165, 1.54) is 11.1 Å². The highest BCUT2D eigenvalue weighted by Crippen LogP contribution is 2.33. The Morgan fingerprint density at radius 2 is 1.96 bits per heavy atom. The van der Waals surface area contributed by atoms with Gasteiger partial charge in [0.25, 0.3) is 5.91 Å². The first-order valence-corrected chi connectivity index (χ1v) is 10.3. The lowest BCUT2D eigenvalue weighted by molar-refractivity contribution is 0.0935. The smallest absolute Gasteiger partial charge is 0.252 e. The lowest BCUT2D eigenvalue weighted by Crippen LogP contribution is -2.35. The summed E-state index contributed by atoms with van der Waals surface area (Å²) in [5.74, 6) is 0.0366. The van der Waals surface area contributed by atoms with E-state index in [4.69, 9.17) is 4.98 Å². The van der Waals surface area contributed by atoms with E-state index in [1.54, 1.807) is 0 Å². The molecular formula is C24H25N3O. The van der Waals surface area contributed by atoms with Crippen LogP contribution in [0, 0.1) is 0 Å². The molecule has 1 aromatic heterocycles. The van der Waals surface area contributed by atoms with Crippen molar-refractivity contribution in [1.82, 2.24) is 15.2 Å². The molecule has 0 saturated carbocycles. The normalized spacial score (nSPS) is 18.7. The number of fused-ring (bicyclic) bond motifs is 3. The largest absolute Gasteiger partial charge is 0.345 e. The molecular weight excluding hydrogens is 346 g/mol. The van der Waals surface area contributed by atoms with Crippen LogP contribution in [0.1, 0.15) is 52.1 Å². The molecule has 2 aliphatic rings. The highest BCUT2D eigenvalue weighted by atomic mass is 16.1. The third kappa shape index (κ3) is 2.89. The first-order chi connectivity index (χ1) is 13.7. The molecule has 3 aromatic rings. The first-order valence-electron chi connectivity index (χ1n) is 10.3. The van der Waals surface area contributed by atoms with Gasteiger partial charge in [-0.05, 0) is 36.6 Å². The molecule has 2 heterocycles. The third-order valence-electron chi connectivity index (χ3n) is 6.24. The number of hydrogen-bond donors (Lipinski definition) is 1. The van der Waals surface area contributed by atoms with Gasteiger partial charge in [-0.15, -0.1) is 0 Å². The van der Waals surface area contributed by atoms with Gasteiger partial charge in [0, 0.05) is 36.2 Å². The van der Waals surface area contributed by atoms with Gasteiger partial charge in [-0.3, -0.25) is 14.7 Å². The standard InChI is InChI=1S/C24H25N3O/c1-2-27-14-13-22-19(15-27)23(18-9-5-6-10-20(18)25-22)24(28)26-21-12-11-16-7-3-4-8-17(16)21/h3-10,21H,2,11-15H2,1H3,(H,26,28). The van der Waals surface area contributed by atoms with E-state index >= 15 is 0 Å². The average Bonchev–Trinajstić information content (AvgIpc) is 3.14. The van der Waals surface area contributed by atoms with Crippen LogP contribution in [0.15, 0.2) is 48.5 Å². The first kappa shape index (κ1) is 17.4. The summed E-state index contributed by atoms with van der Waals surface area (Å²) in [6, 6.07) is 16.6. The number of aryl methyl sites for hydroxylation is 1. The molecule has 4 heteroatoms. The van der Waals surface area contributed by atoms with Gasteiger partial charge in [0.1, 0.15) is 0 Å². The van der Waals surface area contributed by atoms with E-state index in [2.05, 4.69) is 41.4 Å². The molecule has 0 radical (unpaired) electrons. The van der Waals surface area contributed by atoms with Crippen molar-refractivity contribution in [1.29, 1.82) is 0 Å². The summed E-state index contributed by atoms with van der Waals surface area (Å²) in [6.45, 7) is 4.97. The number of aromatic nitrogens is 1. The molecule has 1 aliphatic carbocycles. The fourth-order valence-electron chi connectivity index (χ4n) is 4.71. The number of carbonyl (C=O) groups excluding carboxylic acids is 1. The Hall–Kier alpha value is -2.72. The van der Waals surface area contributed by atoms with Gasteiger partial charge >= 0.3 is 0 Å². The van der Waals surface area contributed by atoms with Crippen molar-refractivity contribution in [3.63, 3.8) is 0 Å². The van der Waals surface area contributed by atoms with E-state index in [0.29, 0.717) is 0 Å². The van der Waals surface area contributed by atoms with Crippen molar-refractivity contribution in [3.8, 4) is 0 Å². The van der Waals surface area contributed by atoms with Gasteiger partial charge in [0.15, 0.2) is 0 Å². The second kappa shape index (κ2) is 7.02. The van der Waals surface area contributed by atoms with Gasteiger partial charge in [0.2, 0.25) is 0 Å². The summed E-state index contributed by atoms with van der Waals surface area (Å²) in [6.07, 6.45) is 2.90. The molecule has 0 fully saturated rings. The zero-order chi connectivity index (χ0) is 19.1. The SMILES string of the molecule is CCN1CCc2nc3ccccc3c(C(=O)NC3CCc4ccccc43)c2C1. The van der Waals surface area contributed by atoms with Crippen LogP contribution in [0.4, 0.5) is 0 Å². The van der Waals surface area contributed by atoms with Gasteiger partial charge in [-0.2, -0.15) is 0 Å². The Kier molecular flexibility index (Phi) is 4.36. The van der Waals surface area contributed by atoms with Crippen LogP contribution in [0.2, 0.25) is 0 Å². The quantitative estimate of drug-likeness (QED) is 0.756. The number of likely N-dealkylation sites (N-methyl/N-ethyl adjacent to an activating group) is 1. The molecule has 0 bridgehead atoms. The van der Waals surface area contributed by atoms with E-state index in [0.717, 1.165) is 66.6 Å². The molecule has 142 valence electrons. The van der Waals surface area contributed by atoms with Crippen molar-refractivity contribution in [3.05, 3.63) is 76.5 Å². The van der Waals surface area contributed by atoms with Crippen LogP contribution in [0.25, 0.3) is 10.9 Å². The van der Waals surface area contributed by atoms with E-state index in [1.807, 2.05) is 24.3 Å². The topological polar surface area (TPSA) is 45.2 Å². The van der Waals surface area contributed by atoms with Gasteiger partial charge in [-0.1, -0.05) is 49.4 Å². The summed E-state index contributed by atoms with van der Waals surface area (Å²) in [5.41, 5.74) is 6.55. The maximum atomic E-state index is 13.5. The molecule has 28 heavy (non-hydrogen) atoms. The highest BCUT2D eigenvalue weighted by Gasteiger charge is 2.28. The van der Waals surface area contributed by atoms with E-state index in [-0.39, 0.29) is 11.9 Å². The number of nitrogens with one attached hydrogen (secondary N) is 1. The predicted octanol–water partition coefficient (Wildman–Crippen LogP) is 4.03.